The van der Waals surface area contributed by atoms with E-state index in [0.717, 1.165) is 39.3 Å². The van der Waals surface area contributed by atoms with Gasteiger partial charge in [-0.15, -0.1) is 11.3 Å². The average Bonchev–Trinajstić information content (AvgIpc) is 2.97. The Kier molecular flexibility index (Phi) is 5.60. The summed E-state index contributed by atoms with van der Waals surface area (Å²) in [7, 11) is 1.43. The number of esters is 1. The van der Waals surface area contributed by atoms with Gasteiger partial charge in [0.25, 0.3) is 0 Å². The summed E-state index contributed by atoms with van der Waals surface area (Å²) >= 11 is 1.52. The number of aromatic nitrogens is 1. The molecule has 5 nitrogen and oxygen atoms in total. The lowest BCUT2D eigenvalue weighted by Gasteiger charge is -2.34. The number of hydrogen-bond acceptors (Lipinski definition) is 6. The van der Waals surface area contributed by atoms with Gasteiger partial charge < -0.3 is 4.74 Å². The summed E-state index contributed by atoms with van der Waals surface area (Å²) < 4.78 is 4.81. The van der Waals surface area contributed by atoms with Gasteiger partial charge >= 0.3 is 5.97 Å². The minimum absolute atomic E-state index is 0.239. The quantitative estimate of drug-likeness (QED) is 0.780. The maximum atomic E-state index is 11.7. The number of carbonyl (C=O) groups excluding carboxylic acids is 1. The molecule has 0 radical (unpaired) electrons. The van der Waals surface area contributed by atoms with Crippen LogP contribution in [0.4, 0.5) is 0 Å². The topological polar surface area (TPSA) is 45.7 Å². The molecule has 1 fully saturated rings. The number of piperazine rings is 1. The van der Waals surface area contributed by atoms with Crippen LogP contribution in [0.1, 0.15) is 25.7 Å². The molecule has 1 aliphatic heterocycles. The first-order valence-corrected chi connectivity index (χ1v) is 8.98. The smallest absolute Gasteiger partial charge is 0.348 e. The lowest BCUT2D eigenvalue weighted by Crippen LogP contribution is -2.45. The molecule has 1 saturated heterocycles. The van der Waals surface area contributed by atoms with Crippen LogP contribution in [0.25, 0.3) is 0 Å². The molecular weight excluding hydrogens is 322 g/mol. The van der Waals surface area contributed by atoms with Crippen molar-refractivity contribution in [1.29, 1.82) is 0 Å². The van der Waals surface area contributed by atoms with Gasteiger partial charge in [0.15, 0.2) is 0 Å². The Balaban J connectivity index is 1.52. The van der Waals surface area contributed by atoms with Crippen molar-refractivity contribution in [1.82, 2.24) is 14.8 Å². The Morgan fingerprint density at radius 2 is 1.79 bits per heavy atom. The number of rotatable bonds is 5. The highest BCUT2D eigenvalue weighted by Crippen LogP contribution is 2.24. The van der Waals surface area contributed by atoms with Crippen molar-refractivity contribution in [2.45, 2.75) is 20.0 Å². The summed E-state index contributed by atoms with van der Waals surface area (Å²) in [5, 5.41) is 0. The second-order valence-corrected chi connectivity index (χ2v) is 7.35. The van der Waals surface area contributed by atoms with Gasteiger partial charge in [-0.2, -0.15) is 0 Å². The number of aryl methyl sites for hydroxylation is 1. The third-order valence-electron chi connectivity index (χ3n) is 4.42. The van der Waals surface area contributed by atoms with E-state index in [9.17, 15) is 4.79 Å². The van der Waals surface area contributed by atoms with E-state index in [4.69, 9.17) is 4.74 Å². The van der Waals surface area contributed by atoms with Crippen molar-refractivity contribution >= 4 is 17.3 Å². The van der Waals surface area contributed by atoms with Gasteiger partial charge in [-0.1, -0.05) is 0 Å². The molecular formula is C18H23N3O2S. The summed E-state index contributed by atoms with van der Waals surface area (Å²) in [6.07, 6.45) is 3.70. The van der Waals surface area contributed by atoms with Crippen molar-refractivity contribution in [2.24, 2.45) is 0 Å². The van der Waals surface area contributed by atoms with E-state index in [2.05, 4.69) is 33.8 Å². The van der Waals surface area contributed by atoms with Crippen molar-refractivity contribution in [3.05, 3.63) is 51.5 Å². The van der Waals surface area contributed by atoms with Gasteiger partial charge in [0, 0.05) is 56.5 Å². The second kappa shape index (κ2) is 7.88. The molecule has 1 aliphatic rings. The van der Waals surface area contributed by atoms with Gasteiger partial charge in [-0.25, -0.2) is 4.79 Å². The fourth-order valence-corrected chi connectivity index (χ4v) is 3.92. The summed E-state index contributed by atoms with van der Waals surface area (Å²) in [4.78, 5) is 22.6. The van der Waals surface area contributed by atoms with Crippen LogP contribution in [0.5, 0.6) is 0 Å². The fourth-order valence-electron chi connectivity index (χ4n) is 2.97. The first kappa shape index (κ1) is 17.1. The number of ether oxygens (including phenoxy) is 1. The first-order chi connectivity index (χ1) is 11.7. The molecule has 128 valence electrons. The van der Waals surface area contributed by atoms with E-state index in [0.29, 0.717) is 4.88 Å². The molecule has 2 aromatic rings. The van der Waals surface area contributed by atoms with E-state index in [1.165, 1.54) is 34.5 Å². The summed E-state index contributed by atoms with van der Waals surface area (Å²) in [6, 6.07) is 6.14. The monoisotopic (exact) mass is 345 g/mol. The summed E-state index contributed by atoms with van der Waals surface area (Å²) in [5.74, 6) is -0.239. The standard InChI is InChI=1S/C18H23N3O2S/c1-14-16(11-17(24-14)18(22)23-2)13-21-9-7-20(8-10-21)12-15-3-5-19-6-4-15/h3-6,11H,7-10,12-13H2,1-2H3. The number of pyridine rings is 1. The minimum atomic E-state index is -0.239. The van der Waals surface area contributed by atoms with Crippen LogP contribution in [0, 0.1) is 6.92 Å². The largest absolute Gasteiger partial charge is 0.465 e. The van der Waals surface area contributed by atoms with E-state index >= 15 is 0 Å². The number of carbonyl (C=O) groups is 1. The van der Waals surface area contributed by atoms with Crippen LogP contribution in [0.3, 0.4) is 0 Å². The molecule has 24 heavy (non-hydrogen) atoms. The lowest BCUT2D eigenvalue weighted by molar-refractivity contribution is 0.0606. The zero-order valence-electron chi connectivity index (χ0n) is 14.2. The van der Waals surface area contributed by atoms with Crippen LogP contribution >= 0.6 is 11.3 Å². The molecule has 0 bridgehead atoms. The summed E-state index contributed by atoms with van der Waals surface area (Å²) in [5.41, 5.74) is 2.55. The molecule has 0 saturated carbocycles. The van der Waals surface area contributed by atoms with Gasteiger partial charge in [0.1, 0.15) is 4.88 Å². The maximum absolute atomic E-state index is 11.7. The fraction of sp³-hybridized carbons (Fsp3) is 0.444. The number of methoxy groups -OCH3 is 1. The molecule has 0 N–H and O–H groups in total. The van der Waals surface area contributed by atoms with Crippen molar-refractivity contribution in [3.8, 4) is 0 Å². The second-order valence-electron chi connectivity index (χ2n) is 6.09. The van der Waals surface area contributed by atoms with Crippen LogP contribution in [0.15, 0.2) is 30.6 Å². The molecule has 0 aliphatic carbocycles. The van der Waals surface area contributed by atoms with Crippen LogP contribution < -0.4 is 0 Å². The third-order valence-corrected chi connectivity index (χ3v) is 5.49. The Hall–Kier alpha value is -1.76. The maximum Gasteiger partial charge on any atom is 0.348 e. The molecule has 6 heteroatoms. The van der Waals surface area contributed by atoms with Gasteiger partial charge in [0.05, 0.1) is 7.11 Å². The number of hydrogen-bond donors (Lipinski definition) is 0. The zero-order valence-corrected chi connectivity index (χ0v) is 15.0. The van der Waals surface area contributed by atoms with Gasteiger partial charge in [-0.3, -0.25) is 14.8 Å². The van der Waals surface area contributed by atoms with Crippen LogP contribution in [-0.2, 0) is 17.8 Å². The molecule has 0 amide bonds. The lowest BCUT2D eigenvalue weighted by atomic mass is 10.2. The first-order valence-electron chi connectivity index (χ1n) is 8.17. The molecule has 3 rings (SSSR count). The SMILES string of the molecule is COC(=O)c1cc(CN2CCN(Cc3ccncc3)CC2)c(C)s1. The van der Waals surface area contributed by atoms with Crippen LogP contribution in [-0.4, -0.2) is 54.0 Å². The zero-order chi connectivity index (χ0) is 16.9. The molecule has 0 atom stereocenters. The number of thiophene rings is 1. The molecule has 3 heterocycles. The van der Waals surface area contributed by atoms with Crippen molar-refractivity contribution < 1.29 is 9.53 Å². The van der Waals surface area contributed by atoms with E-state index in [1.54, 1.807) is 0 Å². The summed E-state index contributed by atoms with van der Waals surface area (Å²) in [6.45, 7) is 8.20. The van der Waals surface area contributed by atoms with E-state index in [-0.39, 0.29) is 5.97 Å². The predicted octanol–water partition coefficient (Wildman–Crippen LogP) is 2.56. The molecule has 0 spiro atoms. The Bertz CT molecular complexity index is 679. The highest BCUT2D eigenvalue weighted by atomic mass is 32.1. The molecule has 0 aromatic carbocycles. The van der Waals surface area contributed by atoms with Crippen molar-refractivity contribution in [3.63, 3.8) is 0 Å². The van der Waals surface area contributed by atoms with E-state index < -0.39 is 0 Å². The van der Waals surface area contributed by atoms with Gasteiger partial charge in [0.2, 0.25) is 0 Å². The Morgan fingerprint density at radius 1 is 1.17 bits per heavy atom. The van der Waals surface area contributed by atoms with Crippen molar-refractivity contribution in [2.75, 3.05) is 33.3 Å². The minimum Gasteiger partial charge on any atom is -0.465 e. The normalized spacial score (nSPS) is 16.2. The Labute approximate surface area is 146 Å². The predicted molar refractivity (Wildman–Crippen MR) is 95.2 cm³/mol. The highest BCUT2D eigenvalue weighted by molar-refractivity contribution is 7.14. The van der Waals surface area contributed by atoms with Crippen LogP contribution in [0.2, 0.25) is 0 Å². The van der Waals surface area contributed by atoms with E-state index in [1.807, 2.05) is 18.5 Å². The Morgan fingerprint density at radius 3 is 2.42 bits per heavy atom. The molecule has 2 aromatic heterocycles. The average molecular weight is 345 g/mol. The van der Waals surface area contributed by atoms with Gasteiger partial charge in [-0.05, 0) is 36.2 Å². The molecule has 0 unspecified atom stereocenters. The highest BCUT2D eigenvalue weighted by Gasteiger charge is 2.19. The third kappa shape index (κ3) is 4.20. The number of nitrogens with zero attached hydrogens (tertiary/aromatic N) is 3.